The average Bonchev–Trinajstić information content (AvgIpc) is 3.28. The Bertz CT molecular complexity index is 1340. The molecular weight excluding hydrogens is 458 g/mol. The summed E-state index contributed by atoms with van der Waals surface area (Å²) in [7, 11) is 1.30. The molecule has 0 radical (unpaired) electrons. The quantitative estimate of drug-likeness (QED) is 0.209. The molecule has 172 valence electrons. The summed E-state index contributed by atoms with van der Waals surface area (Å²) in [6, 6.07) is 18.5. The summed E-state index contributed by atoms with van der Waals surface area (Å²) in [4.78, 5) is 42.9. The molecule has 10 nitrogen and oxygen atoms in total. The van der Waals surface area contributed by atoms with E-state index in [-0.39, 0.29) is 17.0 Å². The summed E-state index contributed by atoms with van der Waals surface area (Å²) >= 11 is 1.55. The molecule has 0 atom stereocenters. The third kappa shape index (κ3) is 5.15. The molecule has 0 bridgehead atoms. The maximum atomic E-state index is 12.4. The molecule has 3 aromatic carbocycles. The van der Waals surface area contributed by atoms with Crippen molar-refractivity contribution in [1.29, 1.82) is 0 Å². The van der Waals surface area contributed by atoms with Crippen molar-refractivity contribution in [2.45, 2.75) is 10.9 Å². The van der Waals surface area contributed by atoms with Gasteiger partial charge in [0.05, 0.1) is 23.1 Å². The summed E-state index contributed by atoms with van der Waals surface area (Å²) in [6.07, 6.45) is 0. The SMILES string of the molecule is COc1ccc(C(=O)NNC(=O)c2ccc(CSc3nc4ccccc4[nH]3)cc2)cc1[N+](=O)[O-]. The maximum Gasteiger partial charge on any atom is 0.311 e. The Kier molecular flexibility index (Phi) is 6.74. The predicted octanol–water partition coefficient (Wildman–Crippen LogP) is 3.85. The Hall–Kier alpha value is -4.38. The number of hydrogen-bond donors (Lipinski definition) is 3. The van der Waals surface area contributed by atoms with Crippen LogP contribution < -0.4 is 15.6 Å². The lowest BCUT2D eigenvalue weighted by Crippen LogP contribution is -2.41. The average molecular weight is 478 g/mol. The normalized spacial score (nSPS) is 10.6. The number of nitrogens with zero attached hydrogens (tertiary/aromatic N) is 2. The van der Waals surface area contributed by atoms with E-state index in [9.17, 15) is 19.7 Å². The molecule has 0 saturated carbocycles. The zero-order valence-corrected chi connectivity index (χ0v) is 18.7. The molecule has 4 aromatic rings. The summed E-state index contributed by atoms with van der Waals surface area (Å²) < 4.78 is 4.91. The van der Waals surface area contributed by atoms with Gasteiger partial charge >= 0.3 is 5.69 Å². The van der Waals surface area contributed by atoms with Crippen molar-refractivity contribution in [3.05, 3.63) is 93.5 Å². The fourth-order valence-corrected chi connectivity index (χ4v) is 3.97. The highest BCUT2D eigenvalue weighted by atomic mass is 32.2. The molecule has 0 saturated heterocycles. The molecule has 34 heavy (non-hydrogen) atoms. The minimum Gasteiger partial charge on any atom is -0.490 e. The second-order valence-corrected chi connectivity index (χ2v) is 8.06. The molecule has 1 heterocycles. The number of thioether (sulfide) groups is 1. The number of nitro groups is 1. The first-order valence-electron chi connectivity index (χ1n) is 10.0. The number of hydrogen-bond acceptors (Lipinski definition) is 7. The molecule has 1 aromatic heterocycles. The van der Waals surface area contributed by atoms with Crippen LogP contribution >= 0.6 is 11.8 Å². The van der Waals surface area contributed by atoms with Gasteiger partial charge in [0.2, 0.25) is 0 Å². The number of nitro benzene ring substituents is 1. The minimum atomic E-state index is -0.696. The van der Waals surface area contributed by atoms with Crippen LogP contribution in [0.1, 0.15) is 26.3 Å². The highest BCUT2D eigenvalue weighted by Gasteiger charge is 2.18. The summed E-state index contributed by atoms with van der Waals surface area (Å²) in [5.74, 6) is -0.524. The van der Waals surface area contributed by atoms with Crippen LogP contribution in [0, 0.1) is 10.1 Å². The van der Waals surface area contributed by atoms with Gasteiger partial charge in [-0.15, -0.1) is 0 Å². The van der Waals surface area contributed by atoms with Crippen molar-refractivity contribution in [1.82, 2.24) is 20.8 Å². The van der Waals surface area contributed by atoms with Crippen LogP contribution in [0.5, 0.6) is 5.75 Å². The van der Waals surface area contributed by atoms with Crippen LogP contribution in [0.2, 0.25) is 0 Å². The topological polar surface area (TPSA) is 139 Å². The van der Waals surface area contributed by atoms with E-state index in [1.54, 1.807) is 23.9 Å². The highest BCUT2D eigenvalue weighted by molar-refractivity contribution is 7.98. The molecule has 0 aliphatic carbocycles. The standard InChI is InChI=1S/C23H19N5O5S/c1-33-20-11-10-16(12-19(20)28(31)32)22(30)27-26-21(29)15-8-6-14(7-9-15)13-34-23-24-17-4-2-3-5-18(17)25-23/h2-12H,13H2,1H3,(H,24,25)(H,26,29)(H,27,30). The Morgan fingerprint density at radius 1 is 1.03 bits per heavy atom. The zero-order valence-electron chi connectivity index (χ0n) is 17.9. The van der Waals surface area contributed by atoms with Crippen molar-refractivity contribution in [2.24, 2.45) is 0 Å². The number of imidazole rings is 1. The number of rotatable bonds is 7. The molecular formula is C23H19N5O5S. The van der Waals surface area contributed by atoms with E-state index in [2.05, 4.69) is 20.8 Å². The van der Waals surface area contributed by atoms with E-state index >= 15 is 0 Å². The first kappa shape index (κ1) is 22.8. The van der Waals surface area contributed by atoms with Crippen LogP contribution in [-0.4, -0.2) is 33.8 Å². The van der Waals surface area contributed by atoms with Gasteiger partial charge in [-0.1, -0.05) is 36.0 Å². The van der Waals surface area contributed by atoms with Crippen LogP contribution in [0.25, 0.3) is 11.0 Å². The van der Waals surface area contributed by atoms with Crippen molar-refractivity contribution in [3.8, 4) is 5.75 Å². The number of aromatic amines is 1. The largest absolute Gasteiger partial charge is 0.490 e. The number of fused-ring (bicyclic) bond motifs is 1. The number of benzene rings is 3. The Morgan fingerprint density at radius 2 is 1.71 bits per heavy atom. The van der Waals surface area contributed by atoms with Crippen molar-refractivity contribution >= 4 is 40.3 Å². The molecule has 11 heteroatoms. The lowest BCUT2D eigenvalue weighted by molar-refractivity contribution is -0.385. The molecule has 4 rings (SSSR count). The number of hydrazine groups is 1. The highest BCUT2D eigenvalue weighted by Crippen LogP contribution is 2.27. The number of amides is 2. The van der Waals surface area contributed by atoms with E-state index in [0.29, 0.717) is 11.3 Å². The second kappa shape index (κ2) is 10.0. The van der Waals surface area contributed by atoms with Gasteiger partial charge in [0, 0.05) is 22.9 Å². The maximum absolute atomic E-state index is 12.4. The molecule has 0 aliphatic heterocycles. The number of carbonyl (C=O) groups excluding carboxylic acids is 2. The van der Waals surface area contributed by atoms with E-state index in [1.807, 2.05) is 36.4 Å². The number of ether oxygens (including phenoxy) is 1. The van der Waals surface area contributed by atoms with Gasteiger partial charge in [-0.2, -0.15) is 0 Å². The lowest BCUT2D eigenvalue weighted by atomic mass is 10.1. The van der Waals surface area contributed by atoms with E-state index in [0.717, 1.165) is 27.8 Å². The Morgan fingerprint density at radius 3 is 2.38 bits per heavy atom. The molecule has 0 aliphatic rings. The predicted molar refractivity (Wildman–Crippen MR) is 127 cm³/mol. The molecule has 0 spiro atoms. The Balaban J connectivity index is 1.32. The minimum absolute atomic E-state index is 0.00533. The van der Waals surface area contributed by atoms with E-state index in [4.69, 9.17) is 4.74 Å². The Labute approximate surface area is 197 Å². The van der Waals surface area contributed by atoms with Crippen LogP contribution in [0.15, 0.2) is 71.9 Å². The molecule has 0 fully saturated rings. The van der Waals surface area contributed by atoms with E-state index in [1.165, 1.54) is 19.2 Å². The summed E-state index contributed by atoms with van der Waals surface area (Å²) in [5, 5.41) is 11.9. The molecule has 0 unspecified atom stereocenters. The number of carbonyl (C=O) groups is 2. The fourth-order valence-electron chi connectivity index (χ4n) is 3.13. The van der Waals surface area contributed by atoms with Crippen molar-refractivity contribution in [3.63, 3.8) is 0 Å². The number of methoxy groups -OCH3 is 1. The first-order valence-corrected chi connectivity index (χ1v) is 11.0. The third-order valence-electron chi connectivity index (χ3n) is 4.89. The summed E-state index contributed by atoms with van der Waals surface area (Å²) in [6.45, 7) is 0. The zero-order chi connectivity index (χ0) is 24.1. The monoisotopic (exact) mass is 477 g/mol. The molecule has 3 N–H and O–H groups in total. The fraction of sp³-hybridized carbons (Fsp3) is 0.0870. The number of para-hydroxylation sites is 2. The number of aromatic nitrogens is 2. The summed E-state index contributed by atoms with van der Waals surface area (Å²) in [5.41, 5.74) is 7.44. The second-order valence-electron chi connectivity index (χ2n) is 7.10. The van der Waals surface area contributed by atoms with Gasteiger partial charge in [-0.25, -0.2) is 4.98 Å². The van der Waals surface area contributed by atoms with Crippen LogP contribution in [-0.2, 0) is 5.75 Å². The van der Waals surface area contributed by atoms with Crippen LogP contribution in [0.3, 0.4) is 0 Å². The lowest BCUT2D eigenvalue weighted by Gasteiger charge is -2.09. The van der Waals surface area contributed by atoms with Gasteiger partial charge in [-0.05, 0) is 42.0 Å². The first-order chi connectivity index (χ1) is 16.4. The molecule has 2 amide bonds. The van der Waals surface area contributed by atoms with Crippen LogP contribution in [0.4, 0.5) is 5.69 Å². The van der Waals surface area contributed by atoms with Crippen molar-refractivity contribution in [2.75, 3.05) is 7.11 Å². The number of H-pyrrole nitrogens is 1. The van der Waals surface area contributed by atoms with Gasteiger partial charge in [0.15, 0.2) is 10.9 Å². The smallest absolute Gasteiger partial charge is 0.311 e. The third-order valence-corrected chi connectivity index (χ3v) is 5.83. The number of nitrogens with one attached hydrogen (secondary N) is 3. The van der Waals surface area contributed by atoms with Gasteiger partial charge < -0.3 is 9.72 Å². The van der Waals surface area contributed by atoms with Gasteiger partial charge in [-0.3, -0.25) is 30.6 Å². The van der Waals surface area contributed by atoms with Gasteiger partial charge in [0.25, 0.3) is 11.8 Å². The van der Waals surface area contributed by atoms with Crippen molar-refractivity contribution < 1.29 is 19.2 Å². The van der Waals surface area contributed by atoms with Gasteiger partial charge in [0.1, 0.15) is 0 Å². The van der Waals surface area contributed by atoms with E-state index < -0.39 is 16.7 Å².